The third kappa shape index (κ3) is 7.85. The molecular formula is C22H34O3. The van der Waals surface area contributed by atoms with Crippen molar-refractivity contribution in [2.45, 2.75) is 73.1 Å². The Balaban J connectivity index is 2.48. The second-order valence-electron chi connectivity index (χ2n) is 7.90. The second-order valence-corrected chi connectivity index (χ2v) is 7.90. The van der Waals surface area contributed by atoms with Crippen LogP contribution in [0.15, 0.2) is 34.9 Å². The smallest absolute Gasteiger partial charge is 0.302 e. The molecule has 0 aromatic rings. The Bertz CT molecular complexity index is 550. The van der Waals surface area contributed by atoms with E-state index in [-0.39, 0.29) is 12.6 Å². The Morgan fingerprint density at radius 3 is 2.64 bits per heavy atom. The van der Waals surface area contributed by atoms with E-state index in [1.807, 2.05) is 0 Å². The van der Waals surface area contributed by atoms with Gasteiger partial charge in [0.15, 0.2) is 0 Å². The van der Waals surface area contributed by atoms with E-state index < -0.39 is 0 Å². The number of allylic oxidation sites excluding steroid dienone is 5. The van der Waals surface area contributed by atoms with Crippen molar-refractivity contribution >= 4 is 12.3 Å². The van der Waals surface area contributed by atoms with Crippen molar-refractivity contribution in [3.05, 3.63) is 34.9 Å². The molecule has 1 unspecified atom stereocenters. The van der Waals surface area contributed by atoms with Crippen LogP contribution < -0.4 is 0 Å². The highest BCUT2D eigenvalue weighted by atomic mass is 16.5. The highest BCUT2D eigenvalue weighted by Crippen LogP contribution is 2.43. The largest absolute Gasteiger partial charge is 0.461 e. The molecule has 0 saturated carbocycles. The van der Waals surface area contributed by atoms with Gasteiger partial charge in [-0.1, -0.05) is 37.1 Å². The van der Waals surface area contributed by atoms with Crippen LogP contribution in [0.3, 0.4) is 0 Å². The van der Waals surface area contributed by atoms with Gasteiger partial charge in [0.2, 0.25) is 0 Å². The first-order valence-corrected chi connectivity index (χ1v) is 9.35. The molecule has 25 heavy (non-hydrogen) atoms. The molecule has 0 aromatic carbocycles. The minimum absolute atomic E-state index is 0.210. The maximum absolute atomic E-state index is 10.9. The highest BCUT2D eigenvalue weighted by molar-refractivity contribution is 5.68. The van der Waals surface area contributed by atoms with E-state index in [4.69, 9.17) is 4.74 Å². The fourth-order valence-electron chi connectivity index (χ4n) is 3.70. The monoisotopic (exact) mass is 346 g/mol. The summed E-state index contributed by atoms with van der Waals surface area (Å²) in [6, 6.07) is 0. The molecule has 3 nitrogen and oxygen atoms in total. The van der Waals surface area contributed by atoms with Crippen molar-refractivity contribution in [2.75, 3.05) is 6.61 Å². The zero-order valence-corrected chi connectivity index (χ0v) is 16.6. The van der Waals surface area contributed by atoms with Crippen molar-refractivity contribution in [3.63, 3.8) is 0 Å². The number of carbonyl (C=O) groups excluding carboxylic acids is 2. The van der Waals surface area contributed by atoms with Gasteiger partial charge in [-0.05, 0) is 75.4 Å². The molecule has 0 N–H and O–H groups in total. The molecule has 0 aliphatic heterocycles. The summed E-state index contributed by atoms with van der Waals surface area (Å²) in [7, 11) is 0. The molecule has 0 radical (unpaired) electrons. The first kappa shape index (κ1) is 21.4. The summed E-state index contributed by atoms with van der Waals surface area (Å²) >= 11 is 0. The van der Waals surface area contributed by atoms with Crippen LogP contribution in [0.4, 0.5) is 0 Å². The standard InChI is InChI=1S/C22H34O3/c1-17(8-6-10-20(13-15-23)16-25-19(3)24)11-12-21-18(2)9-7-14-22(21,4)5/h8-9,13,15,21H,6-7,10-12,14,16H2,1-5H3/b17-8+,20-13-. The van der Waals surface area contributed by atoms with Gasteiger partial charge in [-0.3, -0.25) is 9.59 Å². The van der Waals surface area contributed by atoms with Crippen LogP contribution in [0.1, 0.15) is 73.1 Å². The Kier molecular flexibility index (Phi) is 8.88. The van der Waals surface area contributed by atoms with Gasteiger partial charge in [0.25, 0.3) is 0 Å². The minimum Gasteiger partial charge on any atom is -0.461 e. The van der Waals surface area contributed by atoms with Gasteiger partial charge >= 0.3 is 5.97 Å². The lowest BCUT2D eigenvalue weighted by Crippen LogP contribution is -2.27. The summed E-state index contributed by atoms with van der Waals surface area (Å²) < 4.78 is 4.98. The number of hydrogen-bond acceptors (Lipinski definition) is 3. The third-order valence-corrected chi connectivity index (χ3v) is 5.30. The maximum Gasteiger partial charge on any atom is 0.302 e. The van der Waals surface area contributed by atoms with Gasteiger partial charge in [-0.2, -0.15) is 0 Å². The minimum atomic E-state index is -0.318. The third-order valence-electron chi connectivity index (χ3n) is 5.30. The molecule has 0 bridgehead atoms. The second kappa shape index (κ2) is 10.4. The van der Waals surface area contributed by atoms with Crippen LogP contribution in [0.25, 0.3) is 0 Å². The maximum atomic E-state index is 10.9. The van der Waals surface area contributed by atoms with Crippen molar-refractivity contribution in [3.8, 4) is 0 Å². The number of esters is 1. The number of rotatable bonds is 9. The fourth-order valence-corrected chi connectivity index (χ4v) is 3.70. The molecule has 1 aliphatic carbocycles. The van der Waals surface area contributed by atoms with Crippen LogP contribution in [0.2, 0.25) is 0 Å². The Morgan fingerprint density at radius 1 is 1.32 bits per heavy atom. The molecule has 1 atom stereocenters. The summed E-state index contributed by atoms with van der Waals surface area (Å²) in [6.45, 7) is 10.8. The fraction of sp³-hybridized carbons (Fsp3) is 0.636. The molecule has 0 spiro atoms. The SMILES string of the molecule is CC(=O)OC/C(=C\C=O)CC/C=C(\C)CCC1C(C)=CCCC1(C)C. The molecule has 140 valence electrons. The molecule has 1 aliphatic rings. The van der Waals surface area contributed by atoms with Crippen molar-refractivity contribution in [2.24, 2.45) is 11.3 Å². The van der Waals surface area contributed by atoms with E-state index >= 15 is 0 Å². The van der Waals surface area contributed by atoms with Gasteiger partial charge in [0.05, 0.1) is 0 Å². The van der Waals surface area contributed by atoms with Crippen LogP contribution in [-0.2, 0) is 14.3 Å². The predicted molar refractivity (Wildman–Crippen MR) is 103 cm³/mol. The molecular weight excluding hydrogens is 312 g/mol. The number of aldehydes is 1. The van der Waals surface area contributed by atoms with Crippen LogP contribution in [0.5, 0.6) is 0 Å². The number of carbonyl (C=O) groups is 2. The Morgan fingerprint density at radius 2 is 2.04 bits per heavy atom. The summed E-state index contributed by atoms with van der Waals surface area (Å²) in [5, 5.41) is 0. The normalized spacial score (nSPS) is 20.8. The van der Waals surface area contributed by atoms with Crippen molar-refractivity contribution < 1.29 is 14.3 Å². The van der Waals surface area contributed by atoms with E-state index in [9.17, 15) is 9.59 Å². The molecule has 0 fully saturated rings. The molecule has 0 heterocycles. The quantitative estimate of drug-likeness (QED) is 0.237. The van der Waals surface area contributed by atoms with E-state index in [2.05, 4.69) is 39.8 Å². The van der Waals surface area contributed by atoms with Crippen LogP contribution >= 0.6 is 0 Å². The molecule has 1 rings (SSSR count). The van der Waals surface area contributed by atoms with Crippen molar-refractivity contribution in [1.29, 1.82) is 0 Å². The predicted octanol–water partition coefficient (Wildman–Crippen LogP) is 5.56. The zero-order valence-electron chi connectivity index (χ0n) is 16.6. The molecule has 0 saturated heterocycles. The van der Waals surface area contributed by atoms with Crippen LogP contribution in [-0.4, -0.2) is 18.9 Å². The Hall–Kier alpha value is -1.64. The summed E-state index contributed by atoms with van der Waals surface area (Å²) in [5.74, 6) is 0.348. The van der Waals surface area contributed by atoms with E-state index in [1.54, 1.807) is 5.57 Å². The topological polar surface area (TPSA) is 43.4 Å². The number of ether oxygens (including phenoxy) is 1. The first-order valence-electron chi connectivity index (χ1n) is 9.35. The Labute approximate surface area is 153 Å². The van der Waals surface area contributed by atoms with Crippen LogP contribution in [0, 0.1) is 11.3 Å². The van der Waals surface area contributed by atoms with Gasteiger partial charge in [0.1, 0.15) is 12.9 Å². The van der Waals surface area contributed by atoms with Gasteiger partial charge in [-0.15, -0.1) is 0 Å². The first-order chi connectivity index (χ1) is 11.8. The van der Waals surface area contributed by atoms with E-state index in [0.29, 0.717) is 11.3 Å². The highest BCUT2D eigenvalue weighted by Gasteiger charge is 2.32. The average molecular weight is 347 g/mol. The van der Waals surface area contributed by atoms with Crippen molar-refractivity contribution in [1.82, 2.24) is 0 Å². The van der Waals surface area contributed by atoms with E-state index in [0.717, 1.165) is 31.1 Å². The summed E-state index contributed by atoms with van der Waals surface area (Å²) in [5.41, 5.74) is 4.19. The lowest BCUT2D eigenvalue weighted by molar-refractivity contribution is -0.140. The molecule has 3 heteroatoms. The molecule has 0 aromatic heterocycles. The summed E-state index contributed by atoms with van der Waals surface area (Å²) in [6.07, 6.45) is 13.3. The van der Waals surface area contributed by atoms with E-state index in [1.165, 1.54) is 37.8 Å². The molecule has 0 amide bonds. The average Bonchev–Trinajstić information content (AvgIpc) is 2.51. The lowest BCUT2D eigenvalue weighted by Gasteiger charge is -2.38. The van der Waals surface area contributed by atoms with Gasteiger partial charge in [0, 0.05) is 6.92 Å². The van der Waals surface area contributed by atoms with Gasteiger partial charge in [-0.25, -0.2) is 0 Å². The summed E-state index contributed by atoms with van der Waals surface area (Å²) in [4.78, 5) is 21.6. The van der Waals surface area contributed by atoms with Gasteiger partial charge < -0.3 is 4.74 Å². The zero-order chi connectivity index (χ0) is 18.9. The number of hydrogen-bond donors (Lipinski definition) is 0. The lowest BCUT2D eigenvalue weighted by atomic mass is 9.67.